The van der Waals surface area contributed by atoms with E-state index in [9.17, 15) is 13.2 Å². The predicted molar refractivity (Wildman–Crippen MR) is 85.7 cm³/mol. The molecule has 1 aliphatic heterocycles. The molecule has 0 aromatic heterocycles. The normalized spacial score (nSPS) is 24.9. The lowest BCUT2D eigenvalue weighted by Gasteiger charge is -2.31. The first-order valence-electron chi connectivity index (χ1n) is 7.91. The molecule has 1 amide bonds. The highest BCUT2D eigenvalue weighted by Gasteiger charge is 2.41. The van der Waals surface area contributed by atoms with E-state index in [0.29, 0.717) is 5.92 Å². The molecule has 5 nitrogen and oxygen atoms in total. The lowest BCUT2D eigenvalue weighted by molar-refractivity contribution is -0.131. The highest BCUT2D eigenvalue weighted by Crippen LogP contribution is 2.23. The first kappa shape index (κ1) is 18.4. The van der Waals surface area contributed by atoms with Crippen LogP contribution >= 0.6 is 0 Å². The molecular weight excluding hydrogens is 288 g/mol. The molecule has 0 radical (unpaired) electrons. The van der Waals surface area contributed by atoms with Gasteiger partial charge in [0.1, 0.15) is 9.84 Å². The van der Waals surface area contributed by atoms with Crippen LogP contribution in [0.3, 0.4) is 0 Å². The second kappa shape index (κ2) is 7.58. The Hall–Kier alpha value is -0.620. The lowest BCUT2D eigenvalue weighted by Crippen LogP contribution is -2.46. The molecule has 1 aliphatic rings. The second-order valence-corrected chi connectivity index (χ2v) is 8.88. The zero-order valence-corrected chi connectivity index (χ0v) is 14.7. The Balaban J connectivity index is 2.86. The topological polar surface area (TPSA) is 66.5 Å². The van der Waals surface area contributed by atoms with Crippen LogP contribution in [0.15, 0.2) is 0 Å². The van der Waals surface area contributed by atoms with Gasteiger partial charge < -0.3 is 4.90 Å². The molecule has 0 aliphatic carbocycles. The van der Waals surface area contributed by atoms with Crippen LogP contribution in [0.25, 0.3) is 0 Å². The molecule has 0 aromatic carbocycles. The van der Waals surface area contributed by atoms with Gasteiger partial charge in [-0.05, 0) is 25.7 Å². The van der Waals surface area contributed by atoms with E-state index in [4.69, 9.17) is 0 Å². The summed E-state index contributed by atoms with van der Waals surface area (Å²) in [5, 5.41) is 3.41. The summed E-state index contributed by atoms with van der Waals surface area (Å²) in [4.78, 5) is 14.4. The summed E-state index contributed by atoms with van der Waals surface area (Å²) in [6, 6.07) is -0.439. The lowest BCUT2D eigenvalue weighted by atomic mass is 10.1. The van der Waals surface area contributed by atoms with Crippen LogP contribution in [0.4, 0.5) is 0 Å². The molecule has 1 saturated heterocycles. The third-order valence-corrected chi connectivity index (χ3v) is 4.93. The number of amides is 1. The third kappa shape index (κ3) is 5.58. The Morgan fingerprint density at radius 1 is 1.29 bits per heavy atom. The van der Waals surface area contributed by atoms with Crippen LogP contribution in [-0.2, 0) is 14.6 Å². The molecule has 1 fully saturated rings. The van der Waals surface area contributed by atoms with Gasteiger partial charge >= 0.3 is 0 Å². The van der Waals surface area contributed by atoms with Crippen molar-refractivity contribution in [2.45, 2.75) is 71.6 Å². The van der Waals surface area contributed by atoms with Crippen molar-refractivity contribution in [3.8, 4) is 0 Å². The number of carbonyl (C=O) groups excluding carboxylic acids is 1. The number of carbonyl (C=O) groups is 1. The number of rotatable bonds is 8. The molecule has 0 aromatic rings. The highest BCUT2D eigenvalue weighted by atomic mass is 32.2. The van der Waals surface area contributed by atoms with Crippen molar-refractivity contribution >= 4 is 15.7 Å². The summed E-state index contributed by atoms with van der Waals surface area (Å²) in [6.45, 7) is 8.17. The standard InChI is InChI=1S/C15H30N2O3S/c1-6-7-8-13-15(18)17(12(4)10-21(5,19)20)14(16-13)9-11(2)3/h11-14,16H,6-10H2,1-5H3. The number of nitrogens with one attached hydrogen (secondary N) is 1. The monoisotopic (exact) mass is 318 g/mol. The fraction of sp³-hybridized carbons (Fsp3) is 0.933. The fourth-order valence-corrected chi connectivity index (χ4v) is 4.04. The summed E-state index contributed by atoms with van der Waals surface area (Å²) < 4.78 is 23.1. The molecule has 0 saturated carbocycles. The molecule has 3 atom stereocenters. The molecule has 6 heteroatoms. The van der Waals surface area contributed by atoms with Crippen molar-refractivity contribution in [1.29, 1.82) is 0 Å². The molecule has 124 valence electrons. The van der Waals surface area contributed by atoms with Crippen molar-refractivity contribution in [3.63, 3.8) is 0 Å². The average molecular weight is 318 g/mol. The Labute approximate surface area is 129 Å². The van der Waals surface area contributed by atoms with Gasteiger partial charge in [0.05, 0.1) is 18.0 Å². The first-order valence-corrected chi connectivity index (χ1v) is 9.97. The van der Waals surface area contributed by atoms with Gasteiger partial charge in [-0.1, -0.05) is 33.6 Å². The summed E-state index contributed by atoms with van der Waals surface area (Å²) >= 11 is 0. The summed E-state index contributed by atoms with van der Waals surface area (Å²) in [7, 11) is -3.09. The molecule has 1 heterocycles. The van der Waals surface area contributed by atoms with E-state index < -0.39 is 9.84 Å². The highest BCUT2D eigenvalue weighted by molar-refractivity contribution is 7.90. The SMILES string of the molecule is CCCCC1NC(CC(C)C)N(C(C)CS(C)(=O)=O)C1=O. The minimum atomic E-state index is -3.09. The van der Waals surface area contributed by atoms with Gasteiger partial charge in [-0.2, -0.15) is 0 Å². The number of sulfone groups is 1. The zero-order chi connectivity index (χ0) is 16.2. The minimum Gasteiger partial charge on any atom is -0.322 e. The van der Waals surface area contributed by atoms with Gasteiger partial charge in [-0.15, -0.1) is 0 Å². The van der Waals surface area contributed by atoms with E-state index in [0.717, 1.165) is 25.7 Å². The van der Waals surface area contributed by atoms with E-state index in [-0.39, 0.29) is 29.9 Å². The van der Waals surface area contributed by atoms with Crippen LogP contribution in [0, 0.1) is 5.92 Å². The van der Waals surface area contributed by atoms with Crippen molar-refractivity contribution in [2.24, 2.45) is 5.92 Å². The van der Waals surface area contributed by atoms with Gasteiger partial charge in [0.25, 0.3) is 0 Å². The molecule has 3 unspecified atom stereocenters. The van der Waals surface area contributed by atoms with Crippen LogP contribution in [0.5, 0.6) is 0 Å². The van der Waals surface area contributed by atoms with E-state index in [1.165, 1.54) is 6.26 Å². The van der Waals surface area contributed by atoms with E-state index in [1.54, 1.807) is 4.90 Å². The summed E-state index contributed by atoms with van der Waals surface area (Å²) in [6.07, 6.45) is 4.92. The summed E-state index contributed by atoms with van der Waals surface area (Å²) in [5.74, 6) is 0.536. The molecule has 1 rings (SSSR count). The second-order valence-electron chi connectivity index (χ2n) is 6.69. The van der Waals surface area contributed by atoms with Gasteiger partial charge in [0.15, 0.2) is 0 Å². The van der Waals surface area contributed by atoms with Gasteiger partial charge in [-0.25, -0.2) is 8.42 Å². The number of nitrogens with zero attached hydrogens (tertiary/aromatic N) is 1. The van der Waals surface area contributed by atoms with Crippen LogP contribution in [-0.4, -0.2) is 49.5 Å². The van der Waals surface area contributed by atoms with Gasteiger partial charge in [0, 0.05) is 12.3 Å². The van der Waals surface area contributed by atoms with E-state index in [2.05, 4.69) is 26.1 Å². The summed E-state index contributed by atoms with van der Waals surface area (Å²) in [5.41, 5.74) is 0. The van der Waals surface area contributed by atoms with Crippen LogP contribution in [0.1, 0.15) is 53.4 Å². The van der Waals surface area contributed by atoms with Crippen molar-refractivity contribution in [2.75, 3.05) is 12.0 Å². The maximum absolute atomic E-state index is 12.6. The third-order valence-electron chi connectivity index (χ3n) is 3.84. The van der Waals surface area contributed by atoms with Crippen molar-refractivity contribution in [1.82, 2.24) is 10.2 Å². The smallest absolute Gasteiger partial charge is 0.241 e. The molecule has 21 heavy (non-hydrogen) atoms. The Kier molecular flexibility index (Phi) is 6.66. The maximum Gasteiger partial charge on any atom is 0.241 e. The van der Waals surface area contributed by atoms with E-state index >= 15 is 0 Å². The number of hydrogen-bond acceptors (Lipinski definition) is 4. The predicted octanol–water partition coefficient (Wildman–Crippen LogP) is 1.78. The van der Waals surface area contributed by atoms with Gasteiger partial charge in [0.2, 0.25) is 5.91 Å². The number of hydrogen-bond donors (Lipinski definition) is 1. The van der Waals surface area contributed by atoms with Crippen LogP contribution in [0.2, 0.25) is 0 Å². The number of unbranched alkanes of at least 4 members (excludes halogenated alkanes) is 1. The Bertz CT molecular complexity index is 448. The largest absolute Gasteiger partial charge is 0.322 e. The molecule has 0 spiro atoms. The van der Waals surface area contributed by atoms with Gasteiger partial charge in [-0.3, -0.25) is 10.1 Å². The minimum absolute atomic E-state index is 0.0233. The fourth-order valence-electron chi connectivity index (χ4n) is 3.00. The quantitative estimate of drug-likeness (QED) is 0.741. The average Bonchev–Trinajstić information content (AvgIpc) is 2.60. The molecular formula is C15H30N2O3S. The molecule has 0 bridgehead atoms. The van der Waals surface area contributed by atoms with Crippen molar-refractivity contribution < 1.29 is 13.2 Å². The van der Waals surface area contributed by atoms with E-state index in [1.807, 2.05) is 6.92 Å². The maximum atomic E-state index is 12.6. The molecule has 1 N–H and O–H groups in total. The van der Waals surface area contributed by atoms with Crippen LogP contribution < -0.4 is 5.32 Å². The Morgan fingerprint density at radius 3 is 2.38 bits per heavy atom. The zero-order valence-electron chi connectivity index (χ0n) is 13.9. The first-order chi connectivity index (χ1) is 9.65. The Morgan fingerprint density at radius 2 is 1.90 bits per heavy atom. The van der Waals surface area contributed by atoms with Crippen molar-refractivity contribution in [3.05, 3.63) is 0 Å².